The molecule has 1 amide bonds. The number of hydrogen-bond acceptors (Lipinski definition) is 3. The van der Waals surface area contributed by atoms with Gasteiger partial charge in [0.2, 0.25) is 5.91 Å². The second kappa shape index (κ2) is 6.37. The Morgan fingerprint density at radius 2 is 2.04 bits per heavy atom. The van der Waals surface area contributed by atoms with Gasteiger partial charge in [0.25, 0.3) is 0 Å². The summed E-state index contributed by atoms with van der Waals surface area (Å²) in [7, 11) is 2.09. The number of aryl methyl sites for hydroxylation is 1. The summed E-state index contributed by atoms with van der Waals surface area (Å²) in [6, 6.07) is 4.27. The summed E-state index contributed by atoms with van der Waals surface area (Å²) in [5.41, 5.74) is 1.41. The molecule has 3 aliphatic heterocycles. The van der Waals surface area contributed by atoms with Gasteiger partial charge in [-0.1, -0.05) is 12.2 Å². The van der Waals surface area contributed by atoms with Crippen molar-refractivity contribution < 1.29 is 9.53 Å². The van der Waals surface area contributed by atoms with Gasteiger partial charge in [0.15, 0.2) is 0 Å². The molecule has 5 heteroatoms. The van der Waals surface area contributed by atoms with Gasteiger partial charge in [0, 0.05) is 70.3 Å². The first kappa shape index (κ1) is 15.9. The fourth-order valence-corrected chi connectivity index (χ4v) is 4.59. The monoisotopic (exact) mass is 329 g/mol. The Morgan fingerprint density at radius 1 is 1.29 bits per heavy atom. The van der Waals surface area contributed by atoms with E-state index in [1.54, 1.807) is 0 Å². The molecule has 1 aromatic heterocycles. The summed E-state index contributed by atoms with van der Waals surface area (Å²) in [6.45, 7) is 5.95. The maximum Gasteiger partial charge on any atom is 0.228 e. The molecule has 1 atom stereocenters. The lowest BCUT2D eigenvalue weighted by Gasteiger charge is -2.38. The van der Waals surface area contributed by atoms with E-state index >= 15 is 0 Å². The molecule has 2 saturated heterocycles. The minimum Gasteiger partial charge on any atom is -0.381 e. The van der Waals surface area contributed by atoms with Crippen LogP contribution < -0.4 is 0 Å². The van der Waals surface area contributed by atoms with E-state index in [9.17, 15) is 4.79 Å². The van der Waals surface area contributed by atoms with Crippen molar-refractivity contribution in [1.82, 2.24) is 14.4 Å². The Balaban J connectivity index is 1.53. The quantitative estimate of drug-likeness (QED) is 0.792. The van der Waals surface area contributed by atoms with Crippen molar-refractivity contribution in [2.75, 3.05) is 39.4 Å². The SMILES string of the molecule is Cn1cccc1CN1CC(C(=O)N2CC=CC2)C2(CCOCC2)C1. The van der Waals surface area contributed by atoms with Crippen LogP contribution in [0.1, 0.15) is 18.5 Å². The molecule has 3 aliphatic rings. The first-order valence-corrected chi connectivity index (χ1v) is 9.02. The lowest BCUT2D eigenvalue weighted by molar-refractivity contribution is -0.139. The largest absolute Gasteiger partial charge is 0.381 e. The van der Waals surface area contributed by atoms with Crippen molar-refractivity contribution in [3.05, 3.63) is 36.2 Å². The normalized spacial score (nSPS) is 26.5. The van der Waals surface area contributed by atoms with Crippen LogP contribution in [0.4, 0.5) is 0 Å². The fourth-order valence-electron chi connectivity index (χ4n) is 4.59. The summed E-state index contributed by atoms with van der Waals surface area (Å²) in [4.78, 5) is 17.6. The van der Waals surface area contributed by atoms with Crippen LogP contribution in [-0.2, 0) is 23.1 Å². The van der Waals surface area contributed by atoms with Gasteiger partial charge >= 0.3 is 0 Å². The molecule has 0 N–H and O–H groups in total. The summed E-state index contributed by atoms with van der Waals surface area (Å²) >= 11 is 0. The fraction of sp³-hybridized carbons (Fsp3) is 0.632. The number of ether oxygens (including phenoxy) is 1. The molecule has 0 saturated carbocycles. The van der Waals surface area contributed by atoms with Crippen molar-refractivity contribution in [3.8, 4) is 0 Å². The minimum atomic E-state index is 0.100. The summed E-state index contributed by atoms with van der Waals surface area (Å²) in [5, 5.41) is 0. The zero-order chi connectivity index (χ0) is 16.6. The summed E-state index contributed by atoms with van der Waals surface area (Å²) in [6.07, 6.45) is 8.31. The summed E-state index contributed by atoms with van der Waals surface area (Å²) < 4.78 is 7.79. The number of hydrogen-bond donors (Lipinski definition) is 0. The molecule has 0 aliphatic carbocycles. The predicted molar refractivity (Wildman–Crippen MR) is 92.4 cm³/mol. The molecule has 24 heavy (non-hydrogen) atoms. The van der Waals surface area contributed by atoms with Crippen LogP contribution in [0.2, 0.25) is 0 Å². The van der Waals surface area contributed by atoms with E-state index in [2.05, 4.69) is 47.0 Å². The van der Waals surface area contributed by atoms with E-state index in [0.29, 0.717) is 5.91 Å². The predicted octanol–water partition coefficient (Wildman–Crippen LogP) is 1.65. The average molecular weight is 329 g/mol. The number of aromatic nitrogens is 1. The highest BCUT2D eigenvalue weighted by Crippen LogP contribution is 2.45. The molecule has 4 heterocycles. The molecule has 0 bridgehead atoms. The smallest absolute Gasteiger partial charge is 0.228 e. The van der Waals surface area contributed by atoms with Gasteiger partial charge in [0.1, 0.15) is 0 Å². The van der Waals surface area contributed by atoms with E-state index in [1.165, 1.54) is 5.69 Å². The standard InChI is InChI=1S/C19H27N3O2/c1-20-8-4-5-16(20)13-21-14-17(18(23)22-9-2-3-10-22)19(15-21)6-11-24-12-7-19/h2-5,8,17H,6-7,9-15H2,1H3. The van der Waals surface area contributed by atoms with E-state index in [4.69, 9.17) is 4.74 Å². The number of amides is 1. The Morgan fingerprint density at radius 3 is 2.71 bits per heavy atom. The van der Waals surface area contributed by atoms with Crippen LogP contribution in [0.3, 0.4) is 0 Å². The molecule has 0 radical (unpaired) electrons. The highest BCUT2D eigenvalue weighted by atomic mass is 16.5. The highest BCUT2D eigenvalue weighted by Gasteiger charge is 2.51. The van der Waals surface area contributed by atoms with Crippen molar-refractivity contribution >= 4 is 5.91 Å². The minimum absolute atomic E-state index is 0.100. The Labute approximate surface area is 143 Å². The molecule has 4 rings (SSSR count). The van der Waals surface area contributed by atoms with E-state index in [-0.39, 0.29) is 11.3 Å². The second-order valence-corrected chi connectivity index (χ2v) is 7.52. The highest BCUT2D eigenvalue weighted by molar-refractivity contribution is 5.81. The topological polar surface area (TPSA) is 37.7 Å². The first-order chi connectivity index (χ1) is 11.7. The van der Waals surface area contributed by atoms with Gasteiger partial charge in [-0.05, 0) is 25.0 Å². The third-order valence-electron chi connectivity index (χ3n) is 6.07. The lowest BCUT2D eigenvalue weighted by Crippen LogP contribution is -2.45. The molecular weight excluding hydrogens is 302 g/mol. The van der Waals surface area contributed by atoms with Crippen LogP contribution in [-0.4, -0.2) is 59.7 Å². The van der Waals surface area contributed by atoms with Gasteiger partial charge in [-0.3, -0.25) is 9.69 Å². The maximum absolute atomic E-state index is 13.1. The van der Waals surface area contributed by atoms with Crippen molar-refractivity contribution in [3.63, 3.8) is 0 Å². The zero-order valence-electron chi connectivity index (χ0n) is 14.5. The molecule has 1 unspecified atom stereocenters. The Hall–Kier alpha value is -1.59. The van der Waals surface area contributed by atoms with Gasteiger partial charge in [-0.2, -0.15) is 0 Å². The van der Waals surface area contributed by atoms with Crippen molar-refractivity contribution in [2.24, 2.45) is 18.4 Å². The van der Waals surface area contributed by atoms with Gasteiger partial charge < -0.3 is 14.2 Å². The molecule has 1 spiro atoms. The third kappa shape index (κ3) is 2.80. The molecule has 1 aromatic rings. The lowest BCUT2D eigenvalue weighted by atomic mass is 9.71. The molecule has 2 fully saturated rings. The first-order valence-electron chi connectivity index (χ1n) is 9.02. The Kier molecular flexibility index (Phi) is 4.22. The number of rotatable bonds is 3. The molecule has 0 aromatic carbocycles. The molecular formula is C19H27N3O2. The van der Waals surface area contributed by atoms with Gasteiger partial charge in [-0.25, -0.2) is 0 Å². The molecule has 5 nitrogen and oxygen atoms in total. The van der Waals surface area contributed by atoms with Gasteiger partial charge in [-0.15, -0.1) is 0 Å². The van der Waals surface area contributed by atoms with Crippen LogP contribution >= 0.6 is 0 Å². The van der Waals surface area contributed by atoms with E-state index in [0.717, 1.165) is 58.8 Å². The van der Waals surface area contributed by atoms with Crippen molar-refractivity contribution in [2.45, 2.75) is 19.4 Å². The zero-order valence-corrected chi connectivity index (χ0v) is 14.5. The van der Waals surface area contributed by atoms with E-state index in [1.807, 2.05) is 4.90 Å². The van der Waals surface area contributed by atoms with Gasteiger partial charge in [0.05, 0.1) is 5.92 Å². The number of carbonyl (C=O) groups excluding carboxylic acids is 1. The van der Waals surface area contributed by atoms with Crippen LogP contribution in [0.5, 0.6) is 0 Å². The van der Waals surface area contributed by atoms with Crippen molar-refractivity contribution in [1.29, 1.82) is 0 Å². The number of likely N-dealkylation sites (tertiary alicyclic amines) is 1. The Bertz CT molecular complexity index is 622. The van der Waals surface area contributed by atoms with Crippen LogP contribution in [0, 0.1) is 11.3 Å². The summed E-state index contributed by atoms with van der Waals surface area (Å²) in [5.74, 6) is 0.456. The van der Waals surface area contributed by atoms with Crippen LogP contribution in [0.15, 0.2) is 30.5 Å². The van der Waals surface area contributed by atoms with Crippen LogP contribution in [0.25, 0.3) is 0 Å². The van der Waals surface area contributed by atoms with E-state index < -0.39 is 0 Å². The number of nitrogens with zero attached hydrogens (tertiary/aromatic N) is 3. The molecule has 130 valence electrons. The number of carbonyl (C=O) groups is 1. The second-order valence-electron chi connectivity index (χ2n) is 7.52. The maximum atomic E-state index is 13.1. The average Bonchev–Trinajstić information content (AvgIpc) is 3.31. The third-order valence-corrected chi connectivity index (χ3v) is 6.07.